The van der Waals surface area contributed by atoms with Crippen LogP contribution >= 0.6 is 0 Å². The fraction of sp³-hybridized carbons (Fsp3) is 0.478. The van der Waals surface area contributed by atoms with Crippen molar-refractivity contribution in [2.24, 2.45) is 0 Å². The highest BCUT2D eigenvalue weighted by molar-refractivity contribution is 5.48. The third kappa shape index (κ3) is 4.20. The van der Waals surface area contributed by atoms with Gasteiger partial charge in [0.05, 0.1) is 13.7 Å². The van der Waals surface area contributed by atoms with Gasteiger partial charge in [0.15, 0.2) is 0 Å². The molecule has 2 N–H and O–H groups in total. The number of alkyl halides is 6. The molecule has 2 aliphatic rings. The van der Waals surface area contributed by atoms with Gasteiger partial charge in [0, 0.05) is 29.8 Å². The second-order valence-corrected chi connectivity index (χ2v) is 8.26. The lowest BCUT2D eigenvalue weighted by Gasteiger charge is -2.35. The first-order chi connectivity index (χ1) is 15.6. The van der Waals surface area contributed by atoms with Crippen molar-refractivity contribution in [3.8, 4) is 5.75 Å². The van der Waals surface area contributed by atoms with Crippen LogP contribution in [0, 0.1) is 0 Å². The third-order valence-corrected chi connectivity index (χ3v) is 6.30. The van der Waals surface area contributed by atoms with E-state index in [1.165, 1.54) is 13.2 Å². The van der Waals surface area contributed by atoms with Gasteiger partial charge < -0.3 is 20.1 Å². The fourth-order valence-corrected chi connectivity index (χ4v) is 4.70. The van der Waals surface area contributed by atoms with Crippen LogP contribution in [0.15, 0.2) is 42.5 Å². The molecule has 2 aromatic rings. The van der Waals surface area contributed by atoms with Crippen molar-refractivity contribution < 1.29 is 35.8 Å². The third-order valence-electron chi connectivity index (χ3n) is 6.30. The lowest BCUT2D eigenvalue weighted by molar-refractivity contribution is -0.385. The van der Waals surface area contributed by atoms with Crippen molar-refractivity contribution in [3.63, 3.8) is 0 Å². The van der Waals surface area contributed by atoms with Crippen LogP contribution in [0.5, 0.6) is 5.75 Å². The summed E-state index contributed by atoms with van der Waals surface area (Å²) < 4.78 is 92.0. The Morgan fingerprint density at radius 3 is 2.42 bits per heavy atom. The summed E-state index contributed by atoms with van der Waals surface area (Å²) >= 11 is 0. The molecule has 2 unspecified atom stereocenters. The molecule has 1 saturated heterocycles. The summed E-state index contributed by atoms with van der Waals surface area (Å²) in [4.78, 5) is 0. The van der Waals surface area contributed by atoms with E-state index in [1.54, 1.807) is 0 Å². The summed E-state index contributed by atoms with van der Waals surface area (Å²) in [5.74, 6) is 0.213. The minimum Gasteiger partial charge on any atom is -0.496 e. The van der Waals surface area contributed by atoms with Crippen LogP contribution in [-0.2, 0) is 23.5 Å². The van der Waals surface area contributed by atoms with Crippen molar-refractivity contribution in [3.05, 3.63) is 64.7 Å². The zero-order valence-electron chi connectivity index (χ0n) is 17.8. The fourth-order valence-electron chi connectivity index (χ4n) is 4.70. The predicted octanol–water partition coefficient (Wildman–Crippen LogP) is 5.13. The molecular weight excluding hydrogens is 450 g/mol. The molecule has 0 bridgehead atoms. The normalized spacial score (nSPS) is 22.8. The molecular formula is C23H24F6N2O2. The van der Waals surface area contributed by atoms with Crippen LogP contribution in [0.25, 0.3) is 0 Å². The van der Waals surface area contributed by atoms with Gasteiger partial charge in [-0.2, -0.15) is 26.3 Å². The van der Waals surface area contributed by atoms with Gasteiger partial charge in [0.25, 0.3) is 5.60 Å². The second-order valence-electron chi connectivity index (χ2n) is 8.26. The standard InChI is InChI=1S/C23H24F6N2O2/c1-32-19-11-16-13-33-21(22(24,25)26,23(27,28)29)17(16)10-15(19)12-31-18-8-5-9-30-20(18)14-6-3-2-4-7-14/h2-4,6-7,10-11,18,20,30-31H,5,8-9,12-13H2,1H3. The Bertz CT molecular complexity index is 963. The molecule has 0 saturated carbocycles. The molecule has 10 heteroatoms. The quantitative estimate of drug-likeness (QED) is 0.590. The van der Waals surface area contributed by atoms with Gasteiger partial charge in [-0.1, -0.05) is 30.3 Å². The van der Waals surface area contributed by atoms with Gasteiger partial charge in [-0.25, -0.2) is 0 Å². The molecule has 180 valence electrons. The van der Waals surface area contributed by atoms with E-state index >= 15 is 0 Å². The Labute approximate surface area is 187 Å². The lowest BCUT2D eigenvalue weighted by Crippen LogP contribution is -2.53. The average Bonchev–Trinajstić information content (AvgIpc) is 3.17. The van der Waals surface area contributed by atoms with Crippen molar-refractivity contribution in [1.82, 2.24) is 10.6 Å². The van der Waals surface area contributed by atoms with Crippen molar-refractivity contribution in [2.45, 2.75) is 56.0 Å². The van der Waals surface area contributed by atoms with Gasteiger partial charge in [-0.15, -0.1) is 0 Å². The Kier molecular flexibility index (Phi) is 6.36. The molecule has 0 aliphatic carbocycles. The zero-order chi connectivity index (χ0) is 23.9. The van der Waals surface area contributed by atoms with E-state index in [2.05, 4.69) is 15.4 Å². The van der Waals surface area contributed by atoms with Crippen LogP contribution in [0.2, 0.25) is 0 Å². The van der Waals surface area contributed by atoms with Crippen LogP contribution in [-0.4, -0.2) is 32.0 Å². The minimum atomic E-state index is -5.67. The highest BCUT2D eigenvalue weighted by atomic mass is 19.4. The Morgan fingerprint density at radius 2 is 1.79 bits per heavy atom. The molecule has 0 spiro atoms. The van der Waals surface area contributed by atoms with E-state index in [1.807, 2.05) is 30.3 Å². The molecule has 0 radical (unpaired) electrons. The Balaban J connectivity index is 1.65. The Hall–Kier alpha value is -2.30. The van der Waals surface area contributed by atoms with Gasteiger partial charge in [-0.3, -0.25) is 0 Å². The van der Waals surface area contributed by atoms with E-state index in [9.17, 15) is 26.3 Å². The second kappa shape index (κ2) is 8.81. The van der Waals surface area contributed by atoms with E-state index in [0.717, 1.165) is 31.0 Å². The van der Waals surface area contributed by atoms with Gasteiger partial charge in [0.2, 0.25) is 0 Å². The predicted molar refractivity (Wildman–Crippen MR) is 109 cm³/mol. The lowest BCUT2D eigenvalue weighted by atomic mass is 9.88. The molecule has 4 nitrogen and oxygen atoms in total. The average molecular weight is 474 g/mol. The number of nitrogens with one attached hydrogen (secondary N) is 2. The first kappa shape index (κ1) is 23.8. The number of rotatable bonds is 5. The maximum Gasteiger partial charge on any atom is 0.430 e. The molecule has 2 atom stereocenters. The number of hydrogen-bond donors (Lipinski definition) is 2. The molecule has 2 heterocycles. The SMILES string of the molecule is COc1cc2c(cc1CNC1CCCNC1c1ccccc1)C(C(F)(F)F)(C(F)(F)F)OC2. The monoisotopic (exact) mass is 474 g/mol. The minimum absolute atomic E-state index is 0.0341. The molecule has 2 aromatic carbocycles. The molecule has 1 fully saturated rings. The summed E-state index contributed by atoms with van der Waals surface area (Å²) in [5, 5.41) is 6.75. The number of fused-ring (bicyclic) bond motifs is 1. The number of benzene rings is 2. The molecule has 4 rings (SSSR count). The van der Waals surface area contributed by atoms with E-state index in [-0.39, 0.29) is 35.5 Å². The maximum atomic E-state index is 13.7. The van der Waals surface area contributed by atoms with Crippen molar-refractivity contribution >= 4 is 0 Å². The van der Waals surface area contributed by atoms with Gasteiger partial charge >= 0.3 is 12.4 Å². The number of halogens is 6. The van der Waals surface area contributed by atoms with Crippen molar-refractivity contribution in [1.29, 1.82) is 0 Å². The number of piperidine rings is 1. The maximum absolute atomic E-state index is 13.7. The van der Waals surface area contributed by atoms with Crippen LogP contribution < -0.4 is 15.4 Å². The number of ether oxygens (including phenoxy) is 2. The molecule has 33 heavy (non-hydrogen) atoms. The highest BCUT2D eigenvalue weighted by Crippen LogP contribution is 2.57. The molecule has 0 aromatic heterocycles. The highest BCUT2D eigenvalue weighted by Gasteiger charge is 2.75. The largest absolute Gasteiger partial charge is 0.496 e. The summed E-state index contributed by atoms with van der Waals surface area (Å²) in [5.41, 5.74) is -4.21. The van der Waals surface area contributed by atoms with E-state index < -0.39 is 30.1 Å². The topological polar surface area (TPSA) is 42.5 Å². The summed E-state index contributed by atoms with van der Waals surface area (Å²) in [6, 6.07) is 11.7. The van der Waals surface area contributed by atoms with Gasteiger partial charge in [-0.05, 0) is 42.6 Å². The van der Waals surface area contributed by atoms with Gasteiger partial charge in [0.1, 0.15) is 5.75 Å². The number of methoxy groups -OCH3 is 1. The number of hydrogen-bond acceptors (Lipinski definition) is 4. The van der Waals surface area contributed by atoms with E-state index in [4.69, 9.17) is 4.74 Å². The zero-order valence-corrected chi connectivity index (χ0v) is 17.8. The molecule has 0 amide bonds. The summed E-state index contributed by atoms with van der Waals surface area (Å²) in [6.45, 7) is 0.0515. The van der Waals surface area contributed by atoms with Crippen LogP contribution in [0.3, 0.4) is 0 Å². The van der Waals surface area contributed by atoms with Crippen LogP contribution in [0.4, 0.5) is 26.3 Å². The van der Waals surface area contributed by atoms with Crippen molar-refractivity contribution in [2.75, 3.05) is 13.7 Å². The smallest absolute Gasteiger partial charge is 0.430 e. The molecule has 2 aliphatic heterocycles. The van der Waals surface area contributed by atoms with E-state index in [0.29, 0.717) is 0 Å². The Morgan fingerprint density at radius 1 is 1.09 bits per heavy atom. The van der Waals surface area contributed by atoms with Crippen LogP contribution in [0.1, 0.15) is 41.1 Å². The first-order valence-corrected chi connectivity index (χ1v) is 10.6. The summed E-state index contributed by atoms with van der Waals surface area (Å²) in [6.07, 6.45) is -9.64. The summed E-state index contributed by atoms with van der Waals surface area (Å²) in [7, 11) is 1.33. The first-order valence-electron chi connectivity index (χ1n) is 10.6.